The molecule has 0 saturated carbocycles. The molecular formula is C18H29F3N2O7. The number of carbonyl (C=O) groups is 4. The fraction of sp³-hybridized carbons (Fsp3) is 0.778. The lowest BCUT2D eigenvalue weighted by Gasteiger charge is -2.08. The number of amides is 2. The van der Waals surface area contributed by atoms with Crippen molar-refractivity contribution in [1.82, 2.24) is 10.6 Å². The topological polar surface area (TPSA) is 120 Å². The monoisotopic (exact) mass is 442 g/mol. The lowest BCUT2D eigenvalue weighted by atomic mass is 10.3. The molecule has 0 radical (unpaired) electrons. The number of hydrogen-bond acceptors (Lipinski definition) is 7. The third-order valence-electron chi connectivity index (χ3n) is 3.47. The summed E-state index contributed by atoms with van der Waals surface area (Å²) < 4.78 is 51.1. The van der Waals surface area contributed by atoms with Crippen LogP contribution < -0.4 is 10.6 Å². The highest BCUT2D eigenvalue weighted by Gasteiger charge is 2.37. The predicted molar refractivity (Wildman–Crippen MR) is 98.7 cm³/mol. The summed E-state index contributed by atoms with van der Waals surface area (Å²) in [4.78, 5) is 44.3. The fourth-order valence-corrected chi connectivity index (χ4v) is 1.86. The Labute approximate surface area is 173 Å². The molecule has 0 unspecified atom stereocenters. The number of halogens is 3. The van der Waals surface area contributed by atoms with Gasteiger partial charge in [-0.05, 0) is 6.92 Å². The first-order valence-corrected chi connectivity index (χ1v) is 9.49. The Bertz CT molecular complexity index is 542. The van der Waals surface area contributed by atoms with Crippen molar-refractivity contribution in [3.63, 3.8) is 0 Å². The smallest absolute Gasteiger partial charge is 0.380 e. The van der Waals surface area contributed by atoms with Gasteiger partial charge in [0, 0.05) is 38.8 Å². The van der Waals surface area contributed by atoms with Crippen LogP contribution >= 0.6 is 0 Å². The second-order valence-corrected chi connectivity index (χ2v) is 6.16. The molecule has 2 N–H and O–H groups in total. The Morgan fingerprint density at radius 3 is 1.50 bits per heavy atom. The second kappa shape index (κ2) is 16.7. The van der Waals surface area contributed by atoms with Gasteiger partial charge in [0.25, 0.3) is 0 Å². The first kappa shape index (κ1) is 27.9. The van der Waals surface area contributed by atoms with Gasteiger partial charge in [-0.3, -0.25) is 19.2 Å². The standard InChI is InChI=1S/C18H29F3N2O7/c1-14(24)2-8-29-12-6-22-16(26)4-10-28-11-5-17(27)23-7-13-30-9-3-15(25)18(19,20)21/h2-13H2,1H3,(H,22,26)(H,23,27). The van der Waals surface area contributed by atoms with Gasteiger partial charge in [-0.1, -0.05) is 0 Å². The molecule has 0 aliphatic rings. The molecule has 30 heavy (non-hydrogen) atoms. The Morgan fingerprint density at radius 2 is 1.07 bits per heavy atom. The summed E-state index contributed by atoms with van der Waals surface area (Å²) in [6.45, 7) is 2.37. The summed E-state index contributed by atoms with van der Waals surface area (Å²) in [5.41, 5.74) is 0. The van der Waals surface area contributed by atoms with Crippen molar-refractivity contribution in [3.05, 3.63) is 0 Å². The van der Waals surface area contributed by atoms with E-state index in [9.17, 15) is 32.3 Å². The van der Waals surface area contributed by atoms with Crippen molar-refractivity contribution in [2.24, 2.45) is 0 Å². The van der Waals surface area contributed by atoms with Crippen molar-refractivity contribution in [3.8, 4) is 0 Å². The second-order valence-electron chi connectivity index (χ2n) is 6.16. The van der Waals surface area contributed by atoms with Crippen molar-refractivity contribution in [2.45, 2.75) is 38.8 Å². The highest BCUT2D eigenvalue weighted by Crippen LogP contribution is 2.17. The van der Waals surface area contributed by atoms with Gasteiger partial charge in [0.2, 0.25) is 17.6 Å². The van der Waals surface area contributed by atoms with E-state index in [2.05, 4.69) is 10.6 Å². The number of carbonyl (C=O) groups excluding carboxylic acids is 4. The average molecular weight is 442 g/mol. The summed E-state index contributed by atoms with van der Waals surface area (Å²) in [5, 5.41) is 5.11. The Kier molecular flexibility index (Phi) is 15.6. The van der Waals surface area contributed by atoms with Gasteiger partial charge in [-0.25, -0.2) is 0 Å². The van der Waals surface area contributed by atoms with Gasteiger partial charge in [0.05, 0.1) is 39.6 Å². The number of ketones is 2. The van der Waals surface area contributed by atoms with Crippen LogP contribution in [-0.4, -0.2) is 82.3 Å². The van der Waals surface area contributed by atoms with E-state index in [0.29, 0.717) is 26.2 Å². The quantitative estimate of drug-likeness (QED) is 0.298. The molecule has 0 aromatic heterocycles. The first-order chi connectivity index (χ1) is 14.1. The van der Waals surface area contributed by atoms with E-state index in [-0.39, 0.29) is 63.4 Å². The molecule has 174 valence electrons. The summed E-state index contributed by atoms with van der Waals surface area (Å²) in [5.74, 6) is -2.38. The van der Waals surface area contributed by atoms with Crippen molar-refractivity contribution >= 4 is 23.4 Å². The minimum Gasteiger partial charge on any atom is -0.380 e. The van der Waals surface area contributed by atoms with Crippen LogP contribution in [0, 0.1) is 0 Å². The van der Waals surface area contributed by atoms with Crippen molar-refractivity contribution < 1.29 is 46.6 Å². The van der Waals surface area contributed by atoms with Gasteiger partial charge < -0.3 is 24.8 Å². The Balaban J connectivity index is 3.45. The molecule has 0 saturated heterocycles. The lowest BCUT2D eigenvalue weighted by molar-refractivity contribution is -0.172. The van der Waals surface area contributed by atoms with Crippen molar-refractivity contribution in [1.29, 1.82) is 0 Å². The number of ether oxygens (including phenoxy) is 3. The van der Waals surface area contributed by atoms with Crippen LogP contribution in [0.5, 0.6) is 0 Å². The first-order valence-electron chi connectivity index (χ1n) is 9.49. The van der Waals surface area contributed by atoms with E-state index in [1.54, 1.807) is 0 Å². The Morgan fingerprint density at radius 1 is 0.667 bits per heavy atom. The minimum absolute atomic E-state index is 0.0175. The van der Waals surface area contributed by atoms with Gasteiger partial charge in [-0.2, -0.15) is 13.2 Å². The molecule has 0 spiro atoms. The third-order valence-corrected chi connectivity index (χ3v) is 3.47. The fourth-order valence-electron chi connectivity index (χ4n) is 1.86. The zero-order valence-electron chi connectivity index (χ0n) is 17.0. The highest BCUT2D eigenvalue weighted by molar-refractivity contribution is 5.84. The van der Waals surface area contributed by atoms with E-state index in [1.807, 2.05) is 0 Å². The molecule has 0 heterocycles. The minimum atomic E-state index is -4.86. The van der Waals surface area contributed by atoms with Crippen LogP contribution in [0.1, 0.15) is 32.6 Å². The summed E-state index contributed by atoms with van der Waals surface area (Å²) in [6, 6.07) is 0. The van der Waals surface area contributed by atoms with Crippen LogP contribution in [-0.2, 0) is 33.4 Å². The molecule has 9 nitrogen and oxygen atoms in total. The summed E-state index contributed by atoms with van der Waals surface area (Å²) in [6.07, 6.45) is -5.10. The molecule has 0 aromatic carbocycles. The van der Waals surface area contributed by atoms with E-state index in [4.69, 9.17) is 14.2 Å². The van der Waals surface area contributed by atoms with Gasteiger partial charge in [-0.15, -0.1) is 0 Å². The molecular weight excluding hydrogens is 413 g/mol. The summed E-state index contributed by atoms with van der Waals surface area (Å²) in [7, 11) is 0. The largest absolute Gasteiger partial charge is 0.450 e. The molecule has 0 bridgehead atoms. The zero-order chi connectivity index (χ0) is 22.8. The molecule has 0 atom stereocenters. The molecule has 0 aromatic rings. The Hall–Kier alpha value is -2.05. The molecule has 0 aliphatic carbocycles. The van der Waals surface area contributed by atoms with Crippen LogP contribution in [0.3, 0.4) is 0 Å². The van der Waals surface area contributed by atoms with E-state index in [1.165, 1.54) is 6.92 Å². The van der Waals surface area contributed by atoms with Crippen LogP contribution in [0.2, 0.25) is 0 Å². The van der Waals surface area contributed by atoms with E-state index < -0.39 is 18.4 Å². The van der Waals surface area contributed by atoms with Gasteiger partial charge >= 0.3 is 6.18 Å². The summed E-state index contributed by atoms with van der Waals surface area (Å²) >= 11 is 0. The maximum Gasteiger partial charge on any atom is 0.450 e. The third kappa shape index (κ3) is 18.0. The van der Waals surface area contributed by atoms with Crippen LogP contribution in [0.25, 0.3) is 0 Å². The van der Waals surface area contributed by atoms with Crippen LogP contribution in [0.15, 0.2) is 0 Å². The number of nitrogens with one attached hydrogen (secondary N) is 2. The maximum absolute atomic E-state index is 12.0. The number of rotatable bonds is 18. The molecule has 0 fully saturated rings. The normalized spacial score (nSPS) is 11.2. The predicted octanol–water partition coefficient (Wildman–Crippen LogP) is 0.549. The van der Waals surface area contributed by atoms with Gasteiger partial charge in [0.1, 0.15) is 5.78 Å². The van der Waals surface area contributed by atoms with E-state index >= 15 is 0 Å². The SMILES string of the molecule is CC(=O)CCOCCNC(=O)CCOCCC(=O)NCCOCCC(=O)C(F)(F)F. The molecule has 12 heteroatoms. The molecule has 0 rings (SSSR count). The van der Waals surface area contributed by atoms with Gasteiger partial charge in [0.15, 0.2) is 0 Å². The highest BCUT2D eigenvalue weighted by atomic mass is 19.4. The maximum atomic E-state index is 12.0. The van der Waals surface area contributed by atoms with E-state index in [0.717, 1.165) is 0 Å². The molecule has 0 aliphatic heterocycles. The number of Topliss-reactive ketones (excluding diaryl/α,β-unsaturated/α-hetero) is 2. The van der Waals surface area contributed by atoms with Crippen molar-refractivity contribution in [2.75, 3.05) is 52.7 Å². The molecule has 2 amide bonds. The number of hydrogen-bond donors (Lipinski definition) is 2. The van der Waals surface area contributed by atoms with Crippen LogP contribution in [0.4, 0.5) is 13.2 Å². The zero-order valence-corrected chi connectivity index (χ0v) is 17.0. The average Bonchev–Trinajstić information content (AvgIpc) is 2.65. The lowest BCUT2D eigenvalue weighted by Crippen LogP contribution is -2.29. The number of alkyl halides is 3.